The van der Waals surface area contributed by atoms with Crippen molar-refractivity contribution in [3.63, 3.8) is 0 Å². The fourth-order valence-electron chi connectivity index (χ4n) is 2.54. The number of carbonyl (C=O) groups excluding carboxylic acids is 1. The van der Waals surface area contributed by atoms with Crippen LogP contribution in [0.4, 0.5) is 5.69 Å². The van der Waals surface area contributed by atoms with Crippen molar-refractivity contribution >= 4 is 11.6 Å². The number of aromatic hydroxyl groups is 2. The van der Waals surface area contributed by atoms with Crippen LogP contribution < -0.4 is 4.90 Å². The molecule has 92 valence electrons. The lowest BCUT2D eigenvalue weighted by Gasteiger charge is -2.34. The molecule has 0 bridgehead atoms. The highest BCUT2D eigenvalue weighted by Gasteiger charge is 2.29. The van der Waals surface area contributed by atoms with Gasteiger partial charge in [0.2, 0.25) is 5.91 Å². The van der Waals surface area contributed by atoms with Gasteiger partial charge in [0, 0.05) is 31.2 Å². The summed E-state index contributed by atoms with van der Waals surface area (Å²) in [5, 5.41) is 19.5. The first-order valence-electron chi connectivity index (χ1n) is 5.88. The van der Waals surface area contributed by atoms with E-state index in [0.717, 1.165) is 18.4 Å². The number of hydrogen-bond donors (Lipinski definition) is 2. The quantitative estimate of drug-likeness (QED) is 0.785. The second-order valence-corrected chi connectivity index (χ2v) is 4.46. The van der Waals surface area contributed by atoms with E-state index in [0.29, 0.717) is 12.2 Å². The number of amides is 1. The summed E-state index contributed by atoms with van der Waals surface area (Å²) in [6.07, 6.45) is 1.76. The molecule has 1 aliphatic heterocycles. The predicted octanol–water partition coefficient (Wildman–Crippen LogP) is 2.35. The average molecular weight is 235 g/mol. The van der Waals surface area contributed by atoms with Crippen LogP contribution in [0.2, 0.25) is 0 Å². The third-order valence-electron chi connectivity index (χ3n) is 3.39. The molecule has 0 radical (unpaired) electrons. The second-order valence-electron chi connectivity index (χ2n) is 4.46. The lowest BCUT2D eigenvalue weighted by molar-refractivity contribution is -0.116. The van der Waals surface area contributed by atoms with E-state index < -0.39 is 0 Å². The minimum Gasteiger partial charge on any atom is -0.508 e. The first-order valence-corrected chi connectivity index (χ1v) is 5.88. The zero-order valence-electron chi connectivity index (χ0n) is 10.1. The van der Waals surface area contributed by atoms with E-state index in [1.54, 1.807) is 11.0 Å². The Kier molecular flexibility index (Phi) is 2.96. The number of nitrogens with zero attached hydrogens (tertiary/aromatic N) is 1. The molecule has 1 aliphatic rings. The Morgan fingerprint density at radius 3 is 2.76 bits per heavy atom. The molecule has 0 fully saturated rings. The van der Waals surface area contributed by atoms with Gasteiger partial charge in [0.15, 0.2) is 0 Å². The van der Waals surface area contributed by atoms with Crippen LogP contribution in [0.25, 0.3) is 0 Å². The minimum atomic E-state index is -0.0641. The number of phenols is 2. The number of benzene rings is 1. The zero-order chi connectivity index (χ0) is 12.6. The summed E-state index contributed by atoms with van der Waals surface area (Å²) in [4.78, 5) is 13.2. The summed E-state index contributed by atoms with van der Waals surface area (Å²) >= 11 is 0. The maximum Gasteiger partial charge on any atom is 0.223 e. The minimum absolute atomic E-state index is 0.00995. The first kappa shape index (κ1) is 11.8. The number of carbonyl (C=O) groups is 1. The van der Waals surface area contributed by atoms with E-state index in [1.807, 2.05) is 0 Å². The topological polar surface area (TPSA) is 60.8 Å². The van der Waals surface area contributed by atoms with Crippen molar-refractivity contribution in [1.29, 1.82) is 0 Å². The SMILES string of the molecule is CC[C@@H]1CCN(C(C)=O)c2cc(O)cc(O)c21. The average Bonchev–Trinajstić information content (AvgIpc) is 2.26. The summed E-state index contributed by atoms with van der Waals surface area (Å²) in [6, 6.07) is 2.89. The van der Waals surface area contributed by atoms with E-state index in [1.165, 1.54) is 13.0 Å². The number of phenolic OH excluding ortho intramolecular Hbond substituents is 2. The van der Waals surface area contributed by atoms with Crippen LogP contribution in [0, 0.1) is 0 Å². The van der Waals surface area contributed by atoms with E-state index in [9.17, 15) is 15.0 Å². The van der Waals surface area contributed by atoms with E-state index in [4.69, 9.17) is 0 Å². The van der Waals surface area contributed by atoms with Crippen molar-refractivity contribution in [2.75, 3.05) is 11.4 Å². The fraction of sp³-hybridized carbons (Fsp3) is 0.462. The highest BCUT2D eigenvalue weighted by Crippen LogP contribution is 2.44. The van der Waals surface area contributed by atoms with Crippen LogP contribution in [0.1, 0.15) is 38.2 Å². The lowest BCUT2D eigenvalue weighted by Crippen LogP contribution is -2.34. The standard InChI is InChI=1S/C13H17NO3/c1-3-9-4-5-14(8(2)15)11-6-10(16)7-12(17)13(9)11/h6-7,9,16-17H,3-5H2,1-2H3/t9-/m1/s1. The molecular weight excluding hydrogens is 218 g/mol. The monoisotopic (exact) mass is 235 g/mol. The van der Waals surface area contributed by atoms with Crippen molar-refractivity contribution in [3.05, 3.63) is 17.7 Å². The first-order chi connectivity index (χ1) is 8.04. The van der Waals surface area contributed by atoms with Gasteiger partial charge >= 0.3 is 0 Å². The number of fused-ring (bicyclic) bond motifs is 1. The van der Waals surface area contributed by atoms with Gasteiger partial charge in [-0.3, -0.25) is 4.79 Å². The van der Waals surface area contributed by atoms with Crippen LogP contribution in [-0.4, -0.2) is 22.7 Å². The van der Waals surface area contributed by atoms with Gasteiger partial charge in [0.25, 0.3) is 0 Å². The van der Waals surface area contributed by atoms with Gasteiger partial charge in [-0.25, -0.2) is 0 Å². The van der Waals surface area contributed by atoms with E-state index >= 15 is 0 Å². The molecule has 4 nitrogen and oxygen atoms in total. The van der Waals surface area contributed by atoms with Gasteiger partial charge in [-0.2, -0.15) is 0 Å². The summed E-state index contributed by atoms with van der Waals surface area (Å²) in [5.74, 6) is 0.258. The molecule has 4 heteroatoms. The smallest absolute Gasteiger partial charge is 0.223 e. The molecule has 1 aromatic rings. The summed E-state index contributed by atoms with van der Waals surface area (Å²) in [5.41, 5.74) is 1.43. The highest BCUT2D eigenvalue weighted by atomic mass is 16.3. The number of anilines is 1. The largest absolute Gasteiger partial charge is 0.508 e. The van der Waals surface area contributed by atoms with Crippen LogP contribution in [-0.2, 0) is 4.79 Å². The zero-order valence-corrected chi connectivity index (χ0v) is 10.1. The predicted molar refractivity (Wildman–Crippen MR) is 65.4 cm³/mol. The van der Waals surface area contributed by atoms with Crippen LogP contribution in [0.3, 0.4) is 0 Å². The molecule has 0 saturated carbocycles. The molecule has 1 aromatic carbocycles. The molecule has 0 unspecified atom stereocenters. The molecule has 0 aliphatic carbocycles. The molecular formula is C13H17NO3. The maximum absolute atomic E-state index is 11.5. The Balaban J connectivity index is 2.59. The molecule has 0 saturated heterocycles. The third kappa shape index (κ3) is 1.95. The van der Waals surface area contributed by atoms with Crippen molar-refractivity contribution < 1.29 is 15.0 Å². The van der Waals surface area contributed by atoms with E-state index in [-0.39, 0.29) is 23.3 Å². The van der Waals surface area contributed by atoms with Crippen molar-refractivity contribution in [2.45, 2.75) is 32.6 Å². The van der Waals surface area contributed by atoms with Gasteiger partial charge in [-0.15, -0.1) is 0 Å². The van der Waals surface area contributed by atoms with Gasteiger partial charge in [-0.05, 0) is 18.8 Å². The molecule has 1 heterocycles. The van der Waals surface area contributed by atoms with Gasteiger partial charge in [-0.1, -0.05) is 6.92 Å². The molecule has 1 amide bonds. The van der Waals surface area contributed by atoms with Crippen molar-refractivity contribution in [3.8, 4) is 11.5 Å². The fourth-order valence-corrected chi connectivity index (χ4v) is 2.54. The Morgan fingerprint density at radius 1 is 1.47 bits per heavy atom. The lowest BCUT2D eigenvalue weighted by atomic mass is 9.87. The number of hydrogen-bond acceptors (Lipinski definition) is 3. The van der Waals surface area contributed by atoms with Crippen LogP contribution >= 0.6 is 0 Å². The molecule has 1 atom stereocenters. The summed E-state index contributed by atoms with van der Waals surface area (Å²) in [7, 11) is 0. The molecule has 0 aromatic heterocycles. The number of rotatable bonds is 1. The van der Waals surface area contributed by atoms with Crippen molar-refractivity contribution in [1.82, 2.24) is 0 Å². The second kappa shape index (κ2) is 4.28. The Bertz CT molecular complexity index is 456. The van der Waals surface area contributed by atoms with Gasteiger partial charge in [0.05, 0.1) is 5.69 Å². The Hall–Kier alpha value is -1.71. The molecule has 0 spiro atoms. The summed E-state index contributed by atoms with van der Waals surface area (Å²) in [6.45, 7) is 4.20. The Morgan fingerprint density at radius 2 is 2.18 bits per heavy atom. The Labute approximate surface area is 100 Å². The molecule has 2 N–H and O–H groups in total. The van der Waals surface area contributed by atoms with Crippen LogP contribution in [0.5, 0.6) is 11.5 Å². The highest BCUT2D eigenvalue weighted by molar-refractivity contribution is 5.93. The third-order valence-corrected chi connectivity index (χ3v) is 3.39. The normalized spacial score (nSPS) is 18.9. The van der Waals surface area contributed by atoms with Crippen molar-refractivity contribution in [2.24, 2.45) is 0 Å². The maximum atomic E-state index is 11.5. The van der Waals surface area contributed by atoms with Gasteiger partial charge in [0.1, 0.15) is 11.5 Å². The van der Waals surface area contributed by atoms with Crippen LogP contribution in [0.15, 0.2) is 12.1 Å². The molecule has 2 rings (SSSR count). The molecule has 17 heavy (non-hydrogen) atoms. The van der Waals surface area contributed by atoms with Gasteiger partial charge < -0.3 is 15.1 Å². The summed E-state index contributed by atoms with van der Waals surface area (Å²) < 4.78 is 0. The van der Waals surface area contributed by atoms with E-state index in [2.05, 4.69) is 6.92 Å².